The van der Waals surface area contributed by atoms with E-state index in [1.54, 1.807) is 12.1 Å². The highest BCUT2D eigenvalue weighted by molar-refractivity contribution is 9.10. The molecule has 86 valence electrons. The Morgan fingerprint density at radius 1 is 1.50 bits per heavy atom. The van der Waals surface area contributed by atoms with E-state index in [4.69, 9.17) is 5.26 Å². The van der Waals surface area contributed by atoms with Crippen LogP contribution in [0, 0.1) is 23.1 Å². The minimum Gasteiger partial charge on any atom is -0.372 e. The van der Waals surface area contributed by atoms with Gasteiger partial charge in [0, 0.05) is 13.6 Å². The molecule has 0 amide bonds. The largest absolute Gasteiger partial charge is 0.372 e. The molecule has 1 aromatic rings. The normalized spacial score (nSPS) is 10.3. The minimum absolute atomic E-state index is 0.239. The van der Waals surface area contributed by atoms with Gasteiger partial charge in [-0.1, -0.05) is 13.8 Å². The van der Waals surface area contributed by atoms with Gasteiger partial charge in [-0.15, -0.1) is 0 Å². The van der Waals surface area contributed by atoms with Gasteiger partial charge in [0.05, 0.1) is 15.7 Å². The summed E-state index contributed by atoms with van der Waals surface area (Å²) in [6, 6.07) is 5.20. The minimum atomic E-state index is -0.373. The van der Waals surface area contributed by atoms with Crippen molar-refractivity contribution in [2.75, 3.05) is 18.5 Å². The smallest absolute Gasteiger partial charge is 0.161 e. The molecule has 16 heavy (non-hydrogen) atoms. The fourth-order valence-electron chi connectivity index (χ4n) is 1.57. The van der Waals surface area contributed by atoms with Crippen molar-refractivity contribution in [2.24, 2.45) is 5.92 Å². The topological polar surface area (TPSA) is 27.0 Å². The summed E-state index contributed by atoms with van der Waals surface area (Å²) in [7, 11) is 1.84. The van der Waals surface area contributed by atoms with Gasteiger partial charge < -0.3 is 4.90 Å². The van der Waals surface area contributed by atoms with Crippen LogP contribution < -0.4 is 4.90 Å². The first-order valence-corrected chi connectivity index (χ1v) is 5.86. The Balaban J connectivity index is 3.08. The van der Waals surface area contributed by atoms with Crippen LogP contribution in [0.5, 0.6) is 0 Å². The molecule has 0 saturated heterocycles. The van der Waals surface area contributed by atoms with Crippen molar-refractivity contribution in [1.29, 1.82) is 5.26 Å². The predicted molar refractivity (Wildman–Crippen MR) is 66.9 cm³/mol. The van der Waals surface area contributed by atoms with Crippen molar-refractivity contribution in [3.05, 3.63) is 28.0 Å². The number of hydrogen-bond donors (Lipinski definition) is 0. The molecule has 0 N–H and O–H groups in total. The Morgan fingerprint density at radius 2 is 2.12 bits per heavy atom. The van der Waals surface area contributed by atoms with Crippen LogP contribution in [0.2, 0.25) is 0 Å². The van der Waals surface area contributed by atoms with Crippen LogP contribution in [0.25, 0.3) is 0 Å². The van der Waals surface area contributed by atoms with Crippen LogP contribution in [-0.4, -0.2) is 13.6 Å². The van der Waals surface area contributed by atoms with E-state index >= 15 is 0 Å². The van der Waals surface area contributed by atoms with Gasteiger partial charge in [0.1, 0.15) is 6.07 Å². The number of rotatable bonds is 3. The first kappa shape index (κ1) is 13.0. The molecule has 0 unspecified atom stereocenters. The van der Waals surface area contributed by atoms with E-state index in [1.807, 2.05) is 18.0 Å². The van der Waals surface area contributed by atoms with E-state index in [0.717, 1.165) is 6.54 Å². The molecule has 0 radical (unpaired) electrons. The fourth-order valence-corrected chi connectivity index (χ4v) is 1.99. The molecule has 0 bridgehead atoms. The molecule has 0 heterocycles. The lowest BCUT2D eigenvalue weighted by Gasteiger charge is -2.22. The van der Waals surface area contributed by atoms with Crippen molar-refractivity contribution < 1.29 is 4.39 Å². The number of benzene rings is 1. The third kappa shape index (κ3) is 2.73. The highest BCUT2D eigenvalue weighted by atomic mass is 79.9. The molecular weight excluding hydrogens is 271 g/mol. The molecule has 4 heteroatoms. The third-order valence-electron chi connectivity index (χ3n) is 2.23. The average Bonchev–Trinajstić information content (AvgIpc) is 2.20. The van der Waals surface area contributed by atoms with E-state index in [9.17, 15) is 4.39 Å². The summed E-state index contributed by atoms with van der Waals surface area (Å²) in [5, 5.41) is 8.76. The van der Waals surface area contributed by atoms with Crippen LogP contribution in [-0.2, 0) is 0 Å². The van der Waals surface area contributed by atoms with E-state index in [1.165, 1.54) is 0 Å². The standard InChI is InChI=1S/C12H14BrFN2/c1-8(2)7-16(3)10-5-4-9(6-15)11(13)12(10)14/h4-5,8H,7H2,1-3H3. The Kier molecular flexibility index (Phi) is 4.31. The lowest BCUT2D eigenvalue weighted by molar-refractivity contribution is 0.595. The van der Waals surface area contributed by atoms with E-state index < -0.39 is 0 Å². The number of halogens is 2. The molecule has 0 saturated carbocycles. The lowest BCUT2D eigenvalue weighted by atomic mass is 10.1. The second kappa shape index (κ2) is 5.31. The van der Waals surface area contributed by atoms with E-state index in [2.05, 4.69) is 29.8 Å². The monoisotopic (exact) mass is 284 g/mol. The molecule has 2 nitrogen and oxygen atoms in total. The van der Waals surface area contributed by atoms with Crippen molar-refractivity contribution in [3.63, 3.8) is 0 Å². The van der Waals surface area contributed by atoms with Gasteiger partial charge in [-0.25, -0.2) is 4.39 Å². The maximum absolute atomic E-state index is 13.9. The maximum atomic E-state index is 13.9. The quantitative estimate of drug-likeness (QED) is 0.849. The first-order chi connectivity index (χ1) is 7.47. The van der Waals surface area contributed by atoms with Gasteiger partial charge in [-0.05, 0) is 34.0 Å². The molecule has 0 atom stereocenters. The SMILES string of the molecule is CC(C)CN(C)c1ccc(C#N)c(Br)c1F. The van der Waals surface area contributed by atoms with Gasteiger partial charge in [-0.3, -0.25) is 0 Å². The van der Waals surface area contributed by atoms with Gasteiger partial charge in [0.15, 0.2) is 5.82 Å². The molecule has 0 aliphatic rings. The number of nitrogens with zero attached hydrogens (tertiary/aromatic N) is 2. The second-order valence-corrected chi connectivity index (χ2v) is 4.94. The summed E-state index contributed by atoms with van der Waals surface area (Å²) in [5.41, 5.74) is 0.832. The van der Waals surface area contributed by atoms with Gasteiger partial charge in [0.25, 0.3) is 0 Å². The Hall–Kier alpha value is -1.08. The molecule has 0 fully saturated rings. The lowest BCUT2D eigenvalue weighted by Crippen LogP contribution is -2.23. The highest BCUT2D eigenvalue weighted by Crippen LogP contribution is 2.28. The second-order valence-electron chi connectivity index (χ2n) is 4.15. The first-order valence-electron chi connectivity index (χ1n) is 5.06. The van der Waals surface area contributed by atoms with E-state index in [0.29, 0.717) is 17.2 Å². The zero-order chi connectivity index (χ0) is 12.3. The zero-order valence-corrected chi connectivity index (χ0v) is 11.2. The van der Waals surface area contributed by atoms with Gasteiger partial charge in [0.2, 0.25) is 0 Å². The maximum Gasteiger partial charge on any atom is 0.161 e. The summed E-state index contributed by atoms with van der Waals surface area (Å²) >= 11 is 3.10. The summed E-state index contributed by atoms with van der Waals surface area (Å²) in [4.78, 5) is 1.85. The molecule has 0 aliphatic heterocycles. The molecule has 0 aliphatic carbocycles. The van der Waals surface area contributed by atoms with Crippen LogP contribution in [0.1, 0.15) is 19.4 Å². The van der Waals surface area contributed by atoms with Crippen molar-refractivity contribution >= 4 is 21.6 Å². The van der Waals surface area contributed by atoms with Crippen molar-refractivity contribution in [1.82, 2.24) is 0 Å². The molecule has 1 aromatic carbocycles. The van der Waals surface area contributed by atoms with Gasteiger partial charge in [-0.2, -0.15) is 5.26 Å². The summed E-state index contributed by atoms with van der Waals surface area (Å²) < 4.78 is 14.1. The van der Waals surface area contributed by atoms with Crippen molar-refractivity contribution in [2.45, 2.75) is 13.8 Å². The molecular formula is C12H14BrFN2. The van der Waals surface area contributed by atoms with E-state index in [-0.39, 0.29) is 10.3 Å². The van der Waals surface area contributed by atoms with Crippen LogP contribution in [0.4, 0.5) is 10.1 Å². The Bertz CT molecular complexity index is 424. The number of nitriles is 1. The van der Waals surface area contributed by atoms with Crippen LogP contribution in [0.3, 0.4) is 0 Å². The summed E-state index contributed by atoms with van der Waals surface area (Å²) in [6.45, 7) is 4.93. The highest BCUT2D eigenvalue weighted by Gasteiger charge is 2.14. The number of anilines is 1. The number of hydrogen-bond acceptors (Lipinski definition) is 2. The molecule has 1 rings (SSSR count). The zero-order valence-electron chi connectivity index (χ0n) is 9.59. The van der Waals surface area contributed by atoms with Crippen LogP contribution in [0.15, 0.2) is 16.6 Å². The predicted octanol–water partition coefficient (Wildman–Crippen LogP) is 3.55. The molecule has 0 spiro atoms. The van der Waals surface area contributed by atoms with Crippen LogP contribution >= 0.6 is 15.9 Å². The molecule has 0 aromatic heterocycles. The Morgan fingerprint density at radius 3 is 2.62 bits per heavy atom. The van der Waals surface area contributed by atoms with Crippen molar-refractivity contribution in [3.8, 4) is 6.07 Å². The third-order valence-corrected chi connectivity index (χ3v) is 3.01. The average molecular weight is 285 g/mol. The Labute approximate surface area is 104 Å². The summed E-state index contributed by atoms with van der Waals surface area (Å²) in [5.74, 6) is 0.0843. The van der Waals surface area contributed by atoms with Gasteiger partial charge >= 0.3 is 0 Å². The fraction of sp³-hybridized carbons (Fsp3) is 0.417. The summed E-state index contributed by atoms with van der Waals surface area (Å²) in [6.07, 6.45) is 0.